The molecule has 152 valence electrons. The standard InChI is InChI=1S/C25H24N2O3/c1-30-15-12-10-14(11-13-15)27-24(28)21-17-7-3-2-6-16(17)20-18-8-4-5-9-19(18)26-23(20)22(21)25(27)29/h4-5,8-13,16-17,21-22,26H,2-3,6-7H2,1H3/t16-,17+,21+,22+/m1/s1. The van der Waals surface area contributed by atoms with Crippen molar-refractivity contribution in [2.24, 2.45) is 11.8 Å². The molecule has 2 aliphatic carbocycles. The smallest absolute Gasteiger partial charge is 0.243 e. The quantitative estimate of drug-likeness (QED) is 0.632. The number of aromatic nitrogens is 1. The largest absolute Gasteiger partial charge is 0.497 e. The molecule has 3 aromatic rings. The van der Waals surface area contributed by atoms with Crippen LogP contribution in [0.4, 0.5) is 5.69 Å². The average Bonchev–Trinajstić information content (AvgIpc) is 3.29. The van der Waals surface area contributed by atoms with Crippen LogP contribution in [-0.2, 0) is 9.59 Å². The first-order valence-corrected chi connectivity index (χ1v) is 10.8. The number of fused-ring (bicyclic) bond motifs is 8. The molecule has 6 rings (SSSR count). The third kappa shape index (κ3) is 2.29. The summed E-state index contributed by atoms with van der Waals surface area (Å²) in [6, 6.07) is 15.5. The van der Waals surface area contributed by atoms with E-state index in [0.717, 1.165) is 30.5 Å². The lowest BCUT2D eigenvalue weighted by Crippen LogP contribution is -2.37. The fraction of sp³-hybridized carbons (Fsp3) is 0.360. The molecule has 2 fully saturated rings. The van der Waals surface area contributed by atoms with E-state index in [4.69, 9.17) is 4.74 Å². The van der Waals surface area contributed by atoms with Crippen molar-refractivity contribution in [1.29, 1.82) is 0 Å². The van der Waals surface area contributed by atoms with E-state index in [1.807, 2.05) is 6.07 Å². The second-order valence-corrected chi connectivity index (χ2v) is 8.77. The molecule has 1 aliphatic heterocycles. The van der Waals surface area contributed by atoms with Crippen molar-refractivity contribution in [3.8, 4) is 5.75 Å². The molecule has 1 saturated carbocycles. The van der Waals surface area contributed by atoms with E-state index in [0.29, 0.717) is 17.4 Å². The SMILES string of the molecule is COc1ccc(N2C(=O)[C@H]3[C@H]4CCCC[C@H]4c4c([nH]c5ccccc45)[C@H]3C2=O)cc1. The van der Waals surface area contributed by atoms with Gasteiger partial charge in [-0.25, -0.2) is 4.90 Å². The average molecular weight is 400 g/mol. The number of H-pyrrole nitrogens is 1. The van der Waals surface area contributed by atoms with Gasteiger partial charge in [0, 0.05) is 16.6 Å². The molecule has 2 heterocycles. The van der Waals surface area contributed by atoms with Crippen LogP contribution in [0.3, 0.4) is 0 Å². The number of anilines is 1. The molecule has 2 aromatic carbocycles. The summed E-state index contributed by atoms with van der Waals surface area (Å²) in [5.41, 5.74) is 3.95. The van der Waals surface area contributed by atoms with Crippen molar-refractivity contribution >= 4 is 28.4 Å². The Morgan fingerprint density at radius 2 is 1.73 bits per heavy atom. The maximum absolute atomic E-state index is 13.7. The van der Waals surface area contributed by atoms with Crippen molar-refractivity contribution < 1.29 is 14.3 Å². The fourth-order valence-corrected chi connectivity index (χ4v) is 6.19. The van der Waals surface area contributed by atoms with Crippen LogP contribution in [0.2, 0.25) is 0 Å². The minimum Gasteiger partial charge on any atom is -0.497 e. The number of rotatable bonds is 2. The lowest BCUT2D eigenvalue weighted by molar-refractivity contribution is -0.123. The summed E-state index contributed by atoms with van der Waals surface area (Å²) in [4.78, 5) is 32.3. The molecular weight excluding hydrogens is 376 g/mol. The molecule has 30 heavy (non-hydrogen) atoms. The zero-order chi connectivity index (χ0) is 20.4. The number of ether oxygens (including phenoxy) is 1. The number of benzene rings is 2. The van der Waals surface area contributed by atoms with Gasteiger partial charge < -0.3 is 9.72 Å². The van der Waals surface area contributed by atoms with Crippen LogP contribution in [0.15, 0.2) is 48.5 Å². The number of carbonyl (C=O) groups excluding carboxylic acids is 2. The number of para-hydroxylation sites is 1. The van der Waals surface area contributed by atoms with Crippen LogP contribution < -0.4 is 9.64 Å². The van der Waals surface area contributed by atoms with Crippen molar-refractivity contribution in [3.05, 3.63) is 59.8 Å². The predicted molar refractivity (Wildman–Crippen MR) is 115 cm³/mol. The van der Waals surface area contributed by atoms with Crippen molar-refractivity contribution in [1.82, 2.24) is 4.98 Å². The Hall–Kier alpha value is -3.08. The number of amides is 2. The number of hydrogen-bond acceptors (Lipinski definition) is 3. The molecule has 0 bridgehead atoms. The number of imide groups is 1. The lowest BCUT2D eigenvalue weighted by Gasteiger charge is -2.41. The van der Waals surface area contributed by atoms with Crippen LogP contribution in [0.25, 0.3) is 10.9 Å². The maximum atomic E-state index is 13.7. The highest BCUT2D eigenvalue weighted by Crippen LogP contribution is 2.57. The third-order valence-electron chi connectivity index (χ3n) is 7.42. The first-order valence-electron chi connectivity index (χ1n) is 10.8. The molecule has 1 saturated heterocycles. The fourth-order valence-electron chi connectivity index (χ4n) is 6.19. The van der Waals surface area contributed by atoms with E-state index in [1.54, 1.807) is 31.4 Å². The zero-order valence-corrected chi connectivity index (χ0v) is 16.9. The van der Waals surface area contributed by atoms with Gasteiger partial charge in [0.15, 0.2) is 0 Å². The predicted octanol–water partition coefficient (Wildman–Crippen LogP) is 4.74. The van der Waals surface area contributed by atoms with Crippen molar-refractivity contribution in [2.75, 3.05) is 12.0 Å². The second kappa shape index (κ2) is 6.46. The third-order valence-corrected chi connectivity index (χ3v) is 7.42. The van der Waals surface area contributed by atoms with Gasteiger partial charge in [0.2, 0.25) is 11.8 Å². The minimum absolute atomic E-state index is 0.0450. The van der Waals surface area contributed by atoms with Crippen LogP contribution >= 0.6 is 0 Å². The van der Waals surface area contributed by atoms with E-state index < -0.39 is 5.92 Å². The molecule has 0 radical (unpaired) electrons. The Morgan fingerprint density at radius 3 is 2.53 bits per heavy atom. The summed E-state index contributed by atoms with van der Waals surface area (Å²) < 4.78 is 5.24. The summed E-state index contributed by atoms with van der Waals surface area (Å²) in [6.45, 7) is 0. The highest BCUT2D eigenvalue weighted by molar-refractivity contribution is 6.24. The van der Waals surface area contributed by atoms with Gasteiger partial charge in [-0.05, 0) is 60.6 Å². The van der Waals surface area contributed by atoms with E-state index in [1.165, 1.54) is 22.3 Å². The van der Waals surface area contributed by atoms with E-state index in [9.17, 15) is 9.59 Å². The summed E-state index contributed by atoms with van der Waals surface area (Å²) in [6.07, 6.45) is 4.42. The number of nitrogens with zero attached hydrogens (tertiary/aromatic N) is 1. The molecule has 0 unspecified atom stereocenters. The Bertz CT molecular complexity index is 1160. The Balaban J connectivity index is 1.52. The molecular formula is C25H24N2O3. The summed E-state index contributed by atoms with van der Waals surface area (Å²) in [5, 5.41) is 1.21. The summed E-state index contributed by atoms with van der Waals surface area (Å²) in [7, 11) is 1.61. The van der Waals surface area contributed by atoms with Gasteiger partial charge in [-0.3, -0.25) is 9.59 Å². The van der Waals surface area contributed by atoms with E-state index >= 15 is 0 Å². The Labute approximate surface area is 175 Å². The Kier molecular flexibility index (Phi) is 3.82. The van der Waals surface area contributed by atoms with Gasteiger partial charge in [-0.1, -0.05) is 31.0 Å². The highest BCUT2D eigenvalue weighted by Gasteiger charge is 2.58. The molecule has 3 aliphatic rings. The number of nitrogens with one attached hydrogen (secondary N) is 1. The number of carbonyl (C=O) groups is 2. The van der Waals surface area contributed by atoms with Gasteiger partial charge in [0.25, 0.3) is 0 Å². The maximum Gasteiger partial charge on any atom is 0.243 e. The molecule has 0 spiro atoms. The summed E-state index contributed by atoms with van der Waals surface area (Å²) in [5.74, 6) is 0.449. The molecule has 5 heteroatoms. The first kappa shape index (κ1) is 17.8. The topological polar surface area (TPSA) is 62.4 Å². The van der Waals surface area contributed by atoms with Crippen LogP contribution in [-0.4, -0.2) is 23.9 Å². The van der Waals surface area contributed by atoms with Gasteiger partial charge in [0.05, 0.1) is 24.6 Å². The zero-order valence-electron chi connectivity index (χ0n) is 16.9. The summed E-state index contributed by atoms with van der Waals surface area (Å²) >= 11 is 0. The van der Waals surface area contributed by atoms with Crippen LogP contribution in [0.5, 0.6) is 5.75 Å². The van der Waals surface area contributed by atoms with Gasteiger partial charge in [-0.2, -0.15) is 0 Å². The van der Waals surface area contributed by atoms with E-state index in [-0.39, 0.29) is 23.7 Å². The van der Waals surface area contributed by atoms with Crippen LogP contribution in [0.1, 0.15) is 48.8 Å². The van der Waals surface area contributed by atoms with Gasteiger partial charge >= 0.3 is 0 Å². The number of hydrogen-bond donors (Lipinski definition) is 1. The monoisotopic (exact) mass is 400 g/mol. The van der Waals surface area contributed by atoms with Gasteiger partial charge in [-0.15, -0.1) is 0 Å². The normalized spacial score (nSPS) is 27.7. The molecule has 2 amide bonds. The highest BCUT2D eigenvalue weighted by atomic mass is 16.5. The van der Waals surface area contributed by atoms with Crippen LogP contribution in [0, 0.1) is 11.8 Å². The molecule has 5 nitrogen and oxygen atoms in total. The Morgan fingerprint density at radius 1 is 0.967 bits per heavy atom. The first-order chi connectivity index (χ1) is 14.7. The number of aromatic amines is 1. The minimum atomic E-state index is -0.415. The second-order valence-electron chi connectivity index (χ2n) is 8.77. The molecule has 1 N–H and O–H groups in total. The van der Waals surface area contributed by atoms with Crippen molar-refractivity contribution in [3.63, 3.8) is 0 Å². The molecule has 1 aromatic heterocycles. The number of methoxy groups -OCH3 is 1. The lowest BCUT2D eigenvalue weighted by atomic mass is 9.61. The molecule has 4 atom stereocenters. The van der Waals surface area contributed by atoms with E-state index in [2.05, 4.69) is 23.2 Å². The van der Waals surface area contributed by atoms with Gasteiger partial charge in [0.1, 0.15) is 5.75 Å². The van der Waals surface area contributed by atoms with Crippen molar-refractivity contribution in [2.45, 2.75) is 37.5 Å².